The zero-order valence-corrected chi connectivity index (χ0v) is 29.0. The van der Waals surface area contributed by atoms with Crippen LogP contribution in [-0.2, 0) is 47.7 Å². The summed E-state index contributed by atoms with van der Waals surface area (Å²) in [4.78, 5) is 69.1. The standard InChI is InChI=1S/C35H61NO11/c1-29(37)17-18-31(30(2)38)26-33(40)27-46-24-23-45-21-19-36-34(41)28-47-25-22-44-20-13-15-32(39)14-11-9-7-5-3-4-6-8-10-12-16-35(42)43/h31H,3-28H2,1-2H3,(H,36,41)(H,42,43)/t31-/m1/s1. The van der Waals surface area contributed by atoms with Crippen LogP contribution in [0.1, 0.15) is 123 Å². The smallest absolute Gasteiger partial charge is 0.303 e. The number of hydrogen-bond acceptors (Lipinski definition) is 10. The molecule has 0 aliphatic carbocycles. The van der Waals surface area contributed by atoms with Crippen LogP contribution in [0.4, 0.5) is 0 Å². The van der Waals surface area contributed by atoms with Gasteiger partial charge in [0.05, 0.1) is 33.0 Å². The number of aliphatic carboxylic acids is 1. The minimum atomic E-state index is -0.712. The van der Waals surface area contributed by atoms with Crippen LogP contribution in [0.15, 0.2) is 0 Å². The quantitative estimate of drug-likeness (QED) is 0.0875. The molecule has 0 radical (unpaired) electrons. The highest BCUT2D eigenvalue weighted by atomic mass is 16.5. The van der Waals surface area contributed by atoms with Crippen LogP contribution in [0.25, 0.3) is 0 Å². The topological polar surface area (TPSA) is 172 Å². The first-order valence-corrected chi connectivity index (χ1v) is 17.4. The van der Waals surface area contributed by atoms with Crippen molar-refractivity contribution in [2.24, 2.45) is 5.92 Å². The van der Waals surface area contributed by atoms with E-state index in [0.717, 1.165) is 38.5 Å². The van der Waals surface area contributed by atoms with Crippen molar-refractivity contribution in [3.8, 4) is 0 Å². The van der Waals surface area contributed by atoms with Gasteiger partial charge in [-0.2, -0.15) is 0 Å². The molecule has 0 aromatic rings. The molecular weight excluding hydrogens is 610 g/mol. The number of amides is 1. The third kappa shape index (κ3) is 33.2. The third-order valence-corrected chi connectivity index (χ3v) is 7.54. The average Bonchev–Trinajstić information content (AvgIpc) is 3.01. The predicted molar refractivity (Wildman–Crippen MR) is 177 cm³/mol. The van der Waals surface area contributed by atoms with E-state index in [-0.39, 0.29) is 87.9 Å². The number of carboxylic acids is 1. The second-order valence-electron chi connectivity index (χ2n) is 12.0. The molecule has 0 aliphatic rings. The van der Waals surface area contributed by atoms with Crippen LogP contribution < -0.4 is 5.32 Å². The molecule has 0 aromatic heterocycles. The average molecular weight is 672 g/mol. The number of ketones is 4. The lowest BCUT2D eigenvalue weighted by molar-refractivity contribution is -0.137. The Labute approximate surface area is 281 Å². The molecular formula is C35H61NO11. The van der Waals surface area contributed by atoms with Crippen LogP contribution in [0.2, 0.25) is 0 Å². The first-order chi connectivity index (χ1) is 22.6. The van der Waals surface area contributed by atoms with Crippen molar-refractivity contribution in [2.75, 3.05) is 59.4 Å². The van der Waals surface area contributed by atoms with Gasteiger partial charge in [0, 0.05) is 51.2 Å². The monoisotopic (exact) mass is 671 g/mol. The highest BCUT2D eigenvalue weighted by Gasteiger charge is 2.19. The van der Waals surface area contributed by atoms with Gasteiger partial charge in [-0.05, 0) is 39.5 Å². The van der Waals surface area contributed by atoms with Gasteiger partial charge in [0.1, 0.15) is 30.6 Å². The maximum absolute atomic E-state index is 12.0. The van der Waals surface area contributed by atoms with Gasteiger partial charge in [0.15, 0.2) is 5.78 Å². The van der Waals surface area contributed by atoms with Crippen LogP contribution in [0, 0.1) is 5.92 Å². The number of nitrogens with one attached hydrogen (secondary N) is 1. The fraction of sp³-hybridized carbons (Fsp3) is 0.829. The van der Waals surface area contributed by atoms with Gasteiger partial charge >= 0.3 is 5.97 Å². The lowest BCUT2D eigenvalue weighted by atomic mass is 9.93. The molecule has 2 N–H and O–H groups in total. The second kappa shape index (κ2) is 32.0. The van der Waals surface area contributed by atoms with Gasteiger partial charge in [-0.15, -0.1) is 0 Å². The number of Topliss-reactive ketones (excluding diaryl/α,β-unsaturated/α-hetero) is 4. The van der Waals surface area contributed by atoms with E-state index in [9.17, 15) is 28.8 Å². The van der Waals surface area contributed by atoms with E-state index in [0.29, 0.717) is 45.4 Å². The summed E-state index contributed by atoms with van der Waals surface area (Å²) >= 11 is 0. The first kappa shape index (κ1) is 44.5. The molecule has 0 rings (SSSR count). The fourth-order valence-electron chi connectivity index (χ4n) is 4.77. The molecule has 0 bridgehead atoms. The summed E-state index contributed by atoms with van der Waals surface area (Å²) in [5, 5.41) is 11.3. The van der Waals surface area contributed by atoms with Crippen molar-refractivity contribution in [3.63, 3.8) is 0 Å². The number of carboxylic acid groups (broad SMARTS) is 1. The number of ether oxygens (including phenoxy) is 4. The maximum atomic E-state index is 12.0. The Kier molecular flexibility index (Phi) is 30.3. The molecule has 1 amide bonds. The van der Waals surface area contributed by atoms with E-state index >= 15 is 0 Å². The Morgan fingerprint density at radius 3 is 1.64 bits per heavy atom. The maximum Gasteiger partial charge on any atom is 0.303 e. The van der Waals surface area contributed by atoms with E-state index in [1.807, 2.05) is 0 Å². The third-order valence-electron chi connectivity index (χ3n) is 7.54. The molecule has 1 atom stereocenters. The minimum Gasteiger partial charge on any atom is -0.481 e. The van der Waals surface area contributed by atoms with Gasteiger partial charge in [-0.25, -0.2) is 0 Å². The molecule has 0 heterocycles. The van der Waals surface area contributed by atoms with Crippen molar-refractivity contribution in [1.29, 1.82) is 0 Å². The molecule has 12 nitrogen and oxygen atoms in total. The Morgan fingerprint density at radius 1 is 0.553 bits per heavy atom. The number of unbranched alkanes of at least 4 members (excludes halogenated alkanes) is 9. The van der Waals surface area contributed by atoms with Crippen molar-refractivity contribution in [2.45, 2.75) is 123 Å². The molecule has 0 spiro atoms. The van der Waals surface area contributed by atoms with Crippen molar-refractivity contribution < 1.29 is 52.8 Å². The van der Waals surface area contributed by atoms with E-state index in [1.54, 1.807) is 0 Å². The summed E-state index contributed by atoms with van der Waals surface area (Å²) in [5.41, 5.74) is 0. The lowest BCUT2D eigenvalue weighted by Gasteiger charge is -2.12. The Morgan fingerprint density at radius 2 is 1.06 bits per heavy atom. The second-order valence-corrected chi connectivity index (χ2v) is 12.0. The van der Waals surface area contributed by atoms with E-state index in [4.69, 9.17) is 24.1 Å². The first-order valence-electron chi connectivity index (χ1n) is 17.4. The molecule has 0 unspecified atom stereocenters. The van der Waals surface area contributed by atoms with Gasteiger partial charge < -0.3 is 34.2 Å². The zero-order chi connectivity index (χ0) is 35.0. The van der Waals surface area contributed by atoms with Gasteiger partial charge in [-0.1, -0.05) is 51.4 Å². The highest BCUT2D eigenvalue weighted by molar-refractivity contribution is 5.87. The van der Waals surface area contributed by atoms with Crippen molar-refractivity contribution in [1.82, 2.24) is 5.32 Å². The summed E-state index contributed by atoms with van der Waals surface area (Å²) in [5.74, 6) is -1.47. The van der Waals surface area contributed by atoms with Gasteiger partial charge in [0.2, 0.25) is 5.91 Å². The highest BCUT2D eigenvalue weighted by Crippen LogP contribution is 2.14. The summed E-state index contributed by atoms with van der Waals surface area (Å²) < 4.78 is 21.4. The van der Waals surface area contributed by atoms with E-state index in [1.165, 1.54) is 39.5 Å². The molecule has 47 heavy (non-hydrogen) atoms. The molecule has 0 fully saturated rings. The summed E-state index contributed by atoms with van der Waals surface area (Å²) in [6, 6.07) is 0. The Bertz CT molecular complexity index is 878. The van der Waals surface area contributed by atoms with Gasteiger partial charge in [-0.3, -0.25) is 24.0 Å². The van der Waals surface area contributed by atoms with Crippen molar-refractivity contribution >= 4 is 35.0 Å². The van der Waals surface area contributed by atoms with E-state index < -0.39 is 11.9 Å². The fourth-order valence-corrected chi connectivity index (χ4v) is 4.77. The van der Waals surface area contributed by atoms with Crippen molar-refractivity contribution in [3.05, 3.63) is 0 Å². The minimum absolute atomic E-state index is 0.00943. The molecule has 0 saturated carbocycles. The molecule has 0 aromatic carbocycles. The van der Waals surface area contributed by atoms with Crippen LogP contribution in [-0.4, -0.2) is 99.5 Å². The summed E-state index contributed by atoms with van der Waals surface area (Å²) in [6.45, 7) is 4.83. The lowest BCUT2D eigenvalue weighted by Crippen LogP contribution is -2.31. The molecule has 0 aliphatic heterocycles. The van der Waals surface area contributed by atoms with Crippen LogP contribution in [0.3, 0.4) is 0 Å². The summed E-state index contributed by atoms with van der Waals surface area (Å²) in [7, 11) is 0. The SMILES string of the molecule is CC(=O)CC[C@H](CC(=O)COCCOCCNC(=O)COCCOCCCC(=O)CCCCCCCCCCCCC(=O)O)C(C)=O. The normalized spacial score (nSPS) is 11.7. The molecule has 272 valence electrons. The Hall–Kier alpha value is -2.54. The summed E-state index contributed by atoms with van der Waals surface area (Å²) in [6.07, 6.45) is 13.6. The number of carbonyl (C=O) groups is 6. The largest absolute Gasteiger partial charge is 0.481 e. The Balaban J connectivity index is 3.45. The zero-order valence-electron chi connectivity index (χ0n) is 29.0. The number of carbonyl (C=O) groups excluding carboxylic acids is 5. The number of hydrogen-bond donors (Lipinski definition) is 2. The van der Waals surface area contributed by atoms with Gasteiger partial charge in [0.25, 0.3) is 0 Å². The molecule has 12 heteroatoms. The molecule has 0 saturated heterocycles. The van der Waals surface area contributed by atoms with Crippen LogP contribution in [0.5, 0.6) is 0 Å². The number of rotatable bonds is 36. The van der Waals surface area contributed by atoms with Crippen LogP contribution >= 0.6 is 0 Å². The predicted octanol–water partition coefficient (Wildman–Crippen LogP) is 4.82. The van der Waals surface area contributed by atoms with E-state index in [2.05, 4.69) is 5.32 Å².